The lowest BCUT2D eigenvalue weighted by atomic mass is 9.71. The van der Waals surface area contributed by atoms with Gasteiger partial charge in [0.1, 0.15) is 0 Å². The van der Waals surface area contributed by atoms with Gasteiger partial charge in [-0.05, 0) is 87.5 Å². The van der Waals surface area contributed by atoms with Gasteiger partial charge in [-0.15, -0.1) is 0 Å². The molecule has 1 unspecified atom stereocenters. The Morgan fingerprint density at radius 3 is 1.53 bits per heavy atom. The first-order chi connectivity index (χ1) is 13.1. The molecule has 1 atom stereocenters. The van der Waals surface area contributed by atoms with E-state index in [0.29, 0.717) is 6.61 Å². The first-order valence-electron chi connectivity index (χ1n) is 11.6. The van der Waals surface area contributed by atoms with E-state index in [1.165, 1.54) is 0 Å². The van der Waals surface area contributed by atoms with Crippen LogP contribution in [0.3, 0.4) is 0 Å². The summed E-state index contributed by atoms with van der Waals surface area (Å²) in [5, 5.41) is 0. The summed E-state index contributed by atoms with van der Waals surface area (Å²) >= 11 is 0. The first-order valence-corrected chi connectivity index (χ1v) is 11.6. The molecule has 0 aliphatic rings. The van der Waals surface area contributed by atoms with Crippen LogP contribution in [0, 0.1) is 10.8 Å². The maximum Gasteiger partial charge on any atom is 0.0701 e. The van der Waals surface area contributed by atoms with Crippen molar-refractivity contribution >= 4 is 0 Å². The van der Waals surface area contributed by atoms with Gasteiger partial charge in [-0.3, -0.25) is 0 Å². The van der Waals surface area contributed by atoms with Crippen LogP contribution in [-0.2, 0) is 18.9 Å². The second-order valence-electron chi connectivity index (χ2n) is 12.7. The Morgan fingerprint density at radius 1 is 0.633 bits per heavy atom. The molecule has 0 aromatic carbocycles. The van der Waals surface area contributed by atoms with E-state index in [0.717, 1.165) is 19.4 Å². The fourth-order valence-electron chi connectivity index (χ4n) is 2.99. The zero-order valence-corrected chi connectivity index (χ0v) is 23.0. The molecule has 0 N–H and O–H groups in total. The SMILES string of the molecule is COC(C)(C)CCOC(C)(C)C(C)(C)C(C)OC(C)(C)C(C)(C)CCOC(C)(C)C. The normalized spacial score (nSPS) is 16.1. The first kappa shape index (κ1) is 29.8. The Morgan fingerprint density at radius 2 is 1.10 bits per heavy atom. The van der Waals surface area contributed by atoms with Gasteiger partial charge in [-0.1, -0.05) is 27.7 Å². The van der Waals surface area contributed by atoms with E-state index in [4.69, 9.17) is 18.9 Å². The highest BCUT2D eigenvalue weighted by Gasteiger charge is 2.47. The second kappa shape index (κ2) is 10.2. The van der Waals surface area contributed by atoms with E-state index >= 15 is 0 Å². The summed E-state index contributed by atoms with van der Waals surface area (Å²) in [5.41, 5.74) is -1.15. The summed E-state index contributed by atoms with van der Waals surface area (Å²) < 4.78 is 24.6. The average Bonchev–Trinajstić information content (AvgIpc) is 2.52. The lowest BCUT2D eigenvalue weighted by Crippen LogP contribution is -2.54. The molecule has 0 aromatic heterocycles. The zero-order chi connectivity index (χ0) is 24.2. The van der Waals surface area contributed by atoms with Crippen LogP contribution in [0.25, 0.3) is 0 Å². The summed E-state index contributed by atoms with van der Waals surface area (Å²) in [6.07, 6.45) is 1.81. The van der Waals surface area contributed by atoms with Gasteiger partial charge in [-0.2, -0.15) is 0 Å². The molecule has 0 aliphatic carbocycles. The fraction of sp³-hybridized carbons (Fsp3) is 1.00. The van der Waals surface area contributed by atoms with Crippen LogP contribution in [0.1, 0.15) is 110 Å². The Balaban J connectivity index is 5.12. The molecule has 0 radical (unpaired) electrons. The van der Waals surface area contributed by atoms with Crippen LogP contribution in [0.5, 0.6) is 0 Å². The van der Waals surface area contributed by atoms with Crippen LogP contribution >= 0.6 is 0 Å². The number of methoxy groups -OCH3 is 1. The van der Waals surface area contributed by atoms with E-state index in [1.807, 2.05) is 0 Å². The van der Waals surface area contributed by atoms with Crippen molar-refractivity contribution in [2.24, 2.45) is 10.8 Å². The van der Waals surface area contributed by atoms with Crippen molar-refractivity contribution in [3.8, 4) is 0 Å². The molecular formula is C26H54O4. The molecule has 182 valence electrons. The number of rotatable bonds is 13. The monoisotopic (exact) mass is 430 g/mol. The van der Waals surface area contributed by atoms with Crippen molar-refractivity contribution in [1.82, 2.24) is 0 Å². The average molecular weight is 431 g/mol. The van der Waals surface area contributed by atoms with Crippen LogP contribution in [-0.4, -0.2) is 48.8 Å². The molecule has 0 rings (SSSR count). The summed E-state index contributed by atoms with van der Waals surface area (Å²) in [4.78, 5) is 0. The Bertz CT molecular complexity index is 510. The highest BCUT2D eigenvalue weighted by Crippen LogP contribution is 2.44. The van der Waals surface area contributed by atoms with Gasteiger partial charge >= 0.3 is 0 Å². The van der Waals surface area contributed by atoms with Crippen molar-refractivity contribution < 1.29 is 18.9 Å². The van der Waals surface area contributed by atoms with E-state index in [1.54, 1.807) is 7.11 Å². The van der Waals surface area contributed by atoms with Crippen molar-refractivity contribution in [1.29, 1.82) is 0 Å². The molecule has 4 nitrogen and oxygen atoms in total. The van der Waals surface area contributed by atoms with Gasteiger partial charge in [0.25, 0.3) is 0 Å². The van der Waals surface area contributed by atoms with Gasteiger partial charge in [0, 0.05) is 19.1 Å². The third-order valence-electron chi connectivity index (χ3n) is 7.65. The van der Waals surface area contributed by atoms with Gasteiger partial charge in [-0.25, -0.2) is 0 Å². The number of hydrogen-bond donors (Lipinski definition) is 0. The van der Waals surface area contributed by atoms with Crippen molar-refractivity contribution in [2.75, 3.05) is 20.3 Å². The number of hydrogen-bond acceptors (Lipinski definition) is 4. The predicted octanol–water partition coefficient (Wildman–Crippen LogP) is 7.04. The number of ether oxygens (including phenoxy) is 4. The zero-order valence-electron chi connectivity index (χ0n) is 23.0. The molecule has 0 spiro atoms. The summed E-state index contributed by atoms with van der Waals surface area (Å²) in [5.74, 6) is 0. The quantitative estimate of drug-likeness (QED) is 0.314. The lowest BCUT2D eigenvalue weighted by molar-refractivity contribution is -0.213. The highest BCUT2D eigenvalue weighted by atomic mass is 16.5. The van der Waals surface area contributed by atoms with E-state index < -0.39 is 0 Å². The van der Waals surface area contributed by atoms with Crippen molar-refractivity contribution in [3.63, 3.8) is 0 Å². The van der Waals surface area contributed by atoms with Crippen LogP contribution in [0.2, 0.25) is 0 Å². The Labute approximate surface area is 188 Å². The summed E-state index contributed by atoms with van der Waals surface area (Å²) in [6.45, 7) is 31.8. The molecule has 4 heteroatoms. The Kier molecular flexibility index (Phi) is 10.1. The highest BCUT2D eigenvalue weighted by molar-refractivity contribution is 4.96. The largest absolute Gasteiger partial charge is 0.379 e. The summed E-state index contributed by atoms with van der Waals surface area (Å²) in [6, 6.07) is 0. The van der Waals surface area contributed by atoms with Gasteiger partial charge in [0.2, 0.25) is 0 Å². The van der Waals surface area contributed by atoms with Crippen molar-refractivity contribution in [3.05, 3.63) is 0 Å². The van der Waals surface area contributed by atoms with Crippen LogP contribution < -0.4 is 0 Å². The van der Waals surface area contributed by atoms with Gasteiger partial charge in [0.05, 0.1) is 35.1 Å². The van der Waals surface area contributed by atoms with Crippen molar-refractivity contribution in [2.45, 2.75) is 138 Å². The molecule has 30 heavy (non-hydrogen) atoms. The van der Waals surface area contributed by atoms with Gasteiger partial charge < -0.3 is 18.9 Å². The fourth-order valence-corrected chi connectivity index (χ4v) is 2.99. The third kappa shape index (κ3) is 8.76. The van der Waals surface area contributed by atoms with Crippen LogP contribution in [0.4, 0.5) is 0 Å². The lowest BCUT2D eigenvalue weighted by Gasteiger charge is -2.50. The minimum absolute atomic E-state index is 0.0146. The summed E-state index contributed by atoms with van der Waals surface area (Å²) in [7, 11) is 1.75. The maximum atomic E-state index is 6.74. The maximum absolute atomic E-state index is 6.74. The Hall–Kier alpha value is -0.160. The molecule has 0 saturated carbocycles. The molecular weight excluding hydrogens is 376 g/mol. The predicted molar refractivity (Wildman–Crippen MR) is 128 cm³/mol. The molecule has 0 saturated heterocycles. The molecule has 0 heterocycles. The molecule has 0 aliphatic heterocycles. The minimum Gasteiger partial charge on any atom is -0.379 e. The van der Waals surface area contributed by atoms with E-state index in [-0.39, 0.29) is 39.3 Å². The second-order valence-corrected chi connectivity index (χ2v) is 12.7. The third-order valence-corrected chi connectivity index (χ3v) is 7.65. The molecule has 0 bridgehead atoms. The van der Waals surface area contributed by atoms with Gasteiger partial charge in [0.15, 0.2) is 0 Å². The topological polar surface area (TPSA) is 36.9 Å². The van der Waals surface area contributed by atoms with Crippen LogP contribution in [0.15, 0.2) is 0 Å². The molecule has 0 fully saturated rings. The molecule has 0 amide bonds. The standard InChI is InChI=1S/C26H54O4/c1-20(24(9,10)26(13,14)29-19-17-23(7,8)27-15)30-25(11,12)22(5,6)16-18-28-21(2,3)4/h20H,16-19H2,1-15H3. The van der Waals surface area contributed by atoms with E-state index in [2.05, 4.69) is 96.9 Å². The molecule has 0 aromatic rings. The minimum atomic E-state index is -0.341. The van der Waals surface area contributed by atoms with E-state index in [9.17, 15) is 0 Å². The smallest absolute Gasteiger partial charge is 0.0701 e.